The Morgan fingerprint density at radius 3 is 2.14 bits per heavy atom. The molecule has 0 amide bonds. The zero-order valence-electron chi connectivity index (χ0n) is 9.42. The summed E-state index contributed by atoms with van der Waals surface area (Å²) >= 11 is 0. The molecule has 0 saturated heterocycles. The van der Waals surface area contributed by atoms with Crippen LogP contribution < -0.4 is 5.32 Å². The number of nitrogens with one attached hydrogen (secondary N) is 1. The van der Waals surface area contributed by atoms with Crippen molar-refractivity contribution in [1.29, 1.82) is 0 Å². The van der Waals surface area contributed by atoms with E-state index in [4.69, 9.17) is 4.74 Å². The van der Waals surface area contributed by atoms with E-state index in [9.17, 15) is 0 Å². The molecule has 0 spiro atoms. The molecule has 0 atom stereocenters. The monoisotopic (exact) mass is 193 g/mol. The lowest BCUT2D eigenvalue weighted by Crippen LogP contribution is -2.11. The third-order valence-corrected chi connectivity index (χ3v) is 2.17. The maximum Gasteiger partial charge on any atom is 0.116 e. The summed E-state index contributed by atoms with van der Waals surface area (Å²) < 4.78 is 4.93. The summed E-state index contributed by atoms with van der Waals surface area (Å²) in [6, 6.07) is 8.47. The fraction of sp³-hybridized carbons (Fsp3) is 0.500. The number of hydrogen-bond acceptors (Lipinski definition) is 2. The summed E-state index contributed by atoms with van der Waals surface area (Å²) in [5, 5.41) is 3.15. The van der Waals surface area contributed by atoms with Gasteiger partial charge in [0.15, 0.2) is 0 Å². The van der Waals surface area contributed by atoms with Gasteiger partial charge in [0, 0.05) is 12.8 Å². The standard InChI is InChI=1S/C12H19NO/c1-12(2,3)10-5-7-11(8-6-10)13-9-14-4/h5-8,13H,9H2,1-4H3. The Balaban J connectivity index is 2.69. The van der Waals surface area contributed by atoms with Gasteiger partial charge in [-0.05, 0) is 23.1 Å². The van der Waals surface area contributed by atoms with Crippen LogP contribution >= 0.6 is 0 Å². The van der Waals surface area contributed by atoms with E-state index in [1.807, 2.05) is 0 Å². The summed E-state index contributed by atoms with van der Waals surface area (Å²) in [4.78, 5) is 0. The third-order valence-electron chi connectivity index (χ3n) is 2.17. The van der Waals surface area contributed by atoms with Crippen molar-refractivity contribution in [1.82, 2.24) is 0 Å². The summed E-state index contributed by atoms with van der Waals surface area (Å²) in [6.45, 7) is 7.19. The molecule has 0 aromatic heterocycles. The molecule has 0 aliphatic rings. The number of methoxy groups -OCH3 is 1. The van der Waals surface area contributed by atoms with Crippen LogP contribution in [0.2, 0.25) is 0 Å². The Morgan fingerprint density at radius 1 is 1.14 bits per heavy atom. The Kier molecular flexibility index (Phi) is 3.53. The van der Waals surface area contributed by atoms with Gasteiger partial charge in [0.1, 0.15) is 6.73 Å². The molecule has 0 saturated carbocycles. The summed E-state index contributed by atoms with van der Waals surface area (Å²) in [6.07, 6.45) is 0. The molecule has 78 valence electrons. The van der Waals surface area contributed by atoms with Crippen molar-refractivity contribution in [2.24, 2.45) is 0 Å². The molecule has 2 nitrogen and oxygen atoms in total. The highest BCUT2D eigenvalue weighted by Crippen LogP contribution is 2.23. The van der Waals surface area contributed by atoms with Crippen LogP contribution in [0.25, 0.3) is 0 Å². The zero-order valence-corrected chi connectivity index (χ0v) is 9.42. The van der Waals surface area contributed by atoms with E-state index in [0.717, 1.165) is 5.69 Å². The van der Waals surface area contributed by atoms with Gasteiger partial charge in [0.2, 0.25) is 0 Å². The van der Waals surface area contributed by atoms with E-state index < -0.39 is 0 Å². The van der Waals surface area contributed by atoms with Gasteiger partial charge in [-0.2, -0.15) is 0 Å². The van der Waals surface area contributed by atoms with Crippen LogP contribution in [0.3, 0.4) is 0 Å². The zero-order chi connectivity index (χ0) is 10.6. The number of hydrogen-bond donors (Lipinski definition) is 1. The van der Waals surface area contributed by atoms with Crippen molar-refractivity contribution < 1.29 is 4.74 Å². The summed E-state index contributed by atoms with van der Waals surface area (Å²) in [5.74, 6) is 0. The van der Waals surface area contributed by atoms with E-state index in [0.29, 0.717) is 6.73 Å². The second-order valence-corrected chi connectivity index (χ2v) is 4.44. The van der Waals surface area contributed by atoms with Crippen LogP contribution in [0, 0.1) is 0 Å². The smallest absolute Gasteiger partial charge is 0.116 e. The average Bonchev–Trinajstić information content (AvgIpc) is 2.14. The molecular weight excluding hydrogens is 174 g/mol. The van der Waals surface area contributed by atoms with Crippen LogP contribution in [-0.2, 0) is 10.2 Å². The average molecular weight is 193 g/mol. The highest BCUT2D eigenvalue weighted by Gasteiger charge is 2.12. The Bertz CT molecular complexity index is 271. The van der Waals surface area contributed by atoms with Gasteiger partial charge in [-0.3, -0.25) is 0 Å². The van der Waals surface area contributed by atoms with Crippen molar-refractivity contribution in [2.45, 2.75) is 26.2 Å². The van der Waals surface area contributed by atoms with Crippen LogP contribution in [0.5, 0.6) is 0 Å². The van der Waals surface area contributed by atoms with Crippen LogP contribution in [0.1, 0.15) is 26.3 Å². The minimum Gasteiger partial charge on any atom is -0.365 e. The first-order valence-electron chi connectivity index (χ1n) is 4.87. The van der Waals surface area contributed by atoms with Crippen molar-refractivity contribution in [2.75, 3.05) is 19.2 Å². The van der Waals surface area contributed by atoms with E-state index in [-0.39, 0.29) is 5.41 Å². The minimum absolute atomic E-state index is 0.222. The Hall–Kier alpha value is -1.02. The molecule has 2 heteroatoms. The van der Waals surface area contributed by atoms with Crippen LogP contribution in [0.15, 0.2) is 24.3 Å². The molecule has 0 heterocycles. The minimum atomic E-state index is 0.222. The molecule has 0 aliphatic carbocycles. The number of ether oxygens (including phenoxy) is 1. The quantitative estimate of drug-likeness (QED) is 0.745. The van der Waals surface area contributed by atoms with Crippen molar-refractivity contribution in [3.8, 4) is 0 Å². The predicted molar refractivity (Wildman–Crippen MR) is 60.6 cm³/mol. The van der Waals surface area contributed by atoms with Gasteiger partial charge in [0.05, 0.1) is 0 Å². The molecule has 1 rings (SSSR count). The number of anilines is 1. The van der Waals surface area contributed by atoms with Crippen molar-refractivity contribution in [3.63, 3.8) is 0 Å². The first kappa shape index (κ1) is 11.1. The summed E-state index contributed by atoms with van der Waals surface area (Å²) in [7, 11) is 1.68. The maximum absolute atomic E-state index is 4.93. The largest absolute Gasteiger partial charge is 0.365 e. The molecule has 0 radical (unpaired) electrons. The van der Waals surface area contributed by atoms with E-state index in [1.165, 1.54) is 5.56 Å². The number of benzene rings is 1. The normalized spacial score (nSPS) is 11.4. The van der Waals surface area contributed by atoms with Crippen LogP contribution in [-0.4, -0.2) is 13.8 Å². The van der Waals surface area contributed by atoms with Crippen molar-refractivity contribution in [3.05, 3.63) is 29.8 Å². The highest BCUT2D eigenvalue weighted by molar-refractivity contribution is 5.45. The first-order chi connectivity index (χ1) is 6.54. The molecule has 1 aromatic carbocycles. The first-order valence-corrected chi connectivity index (χ1v) is 4.87. The van der Waals surface area contributed by atoms with E-state index in [1.54, 1.807) is 7.11 Å². The molecule has 1 aromatic rings. The van der Waals surface area contributed by atoms with E-state index >= 15 is 0 Å². The van der Waals surface area contributed by atoms with Crippen LogP contribution in [0.4, 0.5) is 5.69 Å². The predicted octanol–water partition coefficient (Wildman–Crippen LogP) is 3.00. The Labute approximate surface area is 86.3 Å². The molecule has 14 heavy (non-hydrogen) atoms. The lowest BCUT2D eigenvalue weighted by molar-refractivity contribution is 0.221. The highest BCUT2D eigenvalue weighted by atomic mass is 16.5. The lowest BCUT2D eigenvalue weighted by atomic mass is 9.87. The molecular formula is C12H19NO. The topological polar surface area (TPSA) is 21.3 Å². The van der Waals surface area contributed by atoms with Gasteiger partial charge >= 0.3 is 0 Å². The summed E-state index contributed by atoms with van der Waals surface area (Å²) in [5.41, 5.74) is 2.67. The fourth-order valence-corrected chi connectivity index (χ4v) is 1.24. The molecule has 0 aliphatic heterocycles. The molecule has 0 fully saturated rings. The second-order valence-electron chi connectivity index (χ2n) is 4.44. The van der Waals surface area contributed by atoms with Gasteiger partial charge < -0.3 is 10.1 Å². The molecule has 1 N–H and O–H groups in total. The number of rotatable bonds is 3. The van der Waals surface area contributed by atoms with Gasteiger partial charge in [-0.1, -0.05) is 32.9 Å². The second kappa shape index (κ2) is 4.47. The lowest BCUT2D eigenvalue weighted by Gasteiger charge is -2.19. The van der Waals surface area contributed by atoms with Crippen molar-refractivity contribution >= 4 is 5.69 Å². The van der Waals surface area contributed by atoms with Gasteiger partial charge in [-0.15, -0.1) is 0 Å². The van der Waals surface area contributed by atoms with E-state index in [2.05, 4.69) is 50.4 Å². The van der Waals surface area contributed by atoms with Gasteiger partial charge in [0.25, 0.3) is 0 Å². The third kappa shape index (κ3) is 3.04. The molecule has 0 bridgehead atoms. The molecule has 0 unspecified atom stereocenters. The van der Waals surface area contributed by atoms with Gasteiger partial charge in [-0.25, -0.2) is 0 Å². The Morgan fingerprint density at radius 2 is 1.71 bits per heavy atom. The fourth-order valence-electron chi connectivity index (χ4n) is 1.24. The SMILES string of the molecule is COCNc1ccc(C(C)(C)C)cc1. The maximum atomic E-state index is 4.93.